The molecular formula is C33H35BrFN3O4Si. The Morgan fingerprint density at radius 1 is 1.16 bits per heavy atom. The van der Waals surface area contributed by atoms with Gasteiger partial charge in [-0.25, -0.2) is 0 Å². The van der Waals surface area contributed by atoms with Crippen LogP contribution >= 0.6 is 15.9 Å². The van der Waals surface area contributed by atoms with Crippen LogP contribution in [0.3, 0.4) is 0 Å². The molecule has 7 nitrogen and oxygen atoms in total. The number of aliphatic hydroxyl groups is 1. The Hall–Kier alpha value is -3.31. The standard InChI is InChI=1S/C33H35BrFN3O4Si/c1-20-31(43(2,3)35)29(14-15-39)42-33(20)26-17-23(34)10-13-28(26)38(32(33)41)19-21-8-11-24(12-9-21)37-30(40)16-22-18-36-27-7-5-4-6-25(22)27/h4-13,17-18,20,29,31,36,39H,14-16,19H2,1-3H3,(H,37,40)/t20-,29+,31-,33+/m1/s1. The monoisotopic (exact) mass is 663 g/mol. The molecule has 0 bridgehead atoms. The molecule has 0 aliphatic carbocycles. The van der Waals surface area contributed by atoms with Crippen LogP contribution < -0.4 is 10.2 Å². The topological polar surface area (TPSA) is 94.7 Å². The van der Waals surface area contributed by atoms with Gasteiger partial charge in [0, 0.05) is 50.9 Å². The Labute approximate surface area is 259 Å². The molecule has 3 heterocycles. The molecule has 4 aromatic rings. The molecule has 6 rings (SSSR count). The van der Waals surface area contributed by atoms with Gasteiger partial charge >= 0.3 is 0 Å². The van der Waals surface area contributed by atoms with E-state index < -0.39 is 31.6 Å². The number of aromatic amines is 1. The second-order valence-corrected chi connectivity index (χ2v) is 16.8. The van der Waals surface area contributed by atoms with Gasteiger partial charge < -0.3 is 29.2 Å². The van der Waals surface area contributed by atoms with Crippen LogP contribution in [-0.2, 0) is 32.9 Å². The number of aliphatic hydroxyl groups excluding tert-OH is 1. The molecule has 10 heteroatoms. The van der Waals surface area contributed by atoms with E-state index in [2.05, 4.69) is 26.2 Å². The lowest BCUT2D eigenvalue weighted by Gasteiger charge is -2.31. The van der Waals surface area contributed by atoms with Crippen molar-refractivity contribution in [3.63, 3.8) is 0 Å². The molecule has 0 radical (unpaired) electrons. The number of anilines is 2. The zero-order valence-electron chi connectivity index (χ0n) is 24.4. The van der Waals surface area contributed by atoms with Crippen molar-refractivity contribution >= 4 is 58.4 Å². The molecular weight excluding hydrogens is 629 g/mol. The first-order valence-corrected chi connectivity index (χ1v) is 18.3. The number of fused-ring (bicyclic) bond motifs is 3. The van der Waals surface area contributed by atoms with Gasteiger partial charge in [0.25, 0.3) is 5.91 Å². The third-order valence-corrected chi connectivity index (χ3v) is 11.9. The highest BCUT2D eigenvalue weighted by atomic mass is 79.9. The maximum atomic E-state index is 15.7. The highest BCUT2D eigenvalue weighted by molar-refractivity contribution is 9.10. The van der Waals surface area contributed by atoms with E-state index in [9.17, 15) is 14.7 Å². The zero-order valence-corrected chi connectivity index (χ0v) is 26.9. The van der Waals surface area contributed by atoms with Crippen LogP contribution in [0, 0.1) is 5.92 Å². The maximum Gasteiger partial charge on any atom is 0.264 e. The van der Waals surface area contributed by atoms with Crippen LogP contribution in [0.1, 0.15) is 30.0 Å². The quantitative estimate of drug-likeness (QED) is 0.143. The Morgan fingerprint density at radius 3 is 2.63 bits per heavy atom. The van der Waals surface area contributed by atoms with Crippen molar-refractivity contribution in [2.45, 2.75) is 56.7 Å². The van der Waals surface area contributed by atoms with Gasteiger partial charge in [-0.1, -0.05) is 53.2 Å². The summed E-state index contributed by atoms with van der Waals surface area (Å²) in [7, 11) is -3.25. The molecule has 0 unspecified atom stereocenters. The number of halogens is 2. The van der Waals surface area contributed by atoms with Crippen molar-refractivity contribution in [3.05, 3.63) is 94.1 Å². The summed E-state index contributed by atoms with van der Waals surface area (Å²) < 4.78 is 23.1. The van der Waals surface area contributed by atoms with Crippen molar-refractivity contribution in [2.75, 3.05) is 16.8 Å². The zero-order chi connectivity index (χ0) is 30.5. The van der Waals surface area contributed by atoms with Crippen LogP contribution in [0.5, 0.6) is 0 Å². The van der Waals surface area contributed by atoms with Gasteiger partial charge in [-0.05, 0) is 67.0 Å². The van der Waals surface area contributed by atoms with Crippen molar-refractivity contribution < 1.29 is 23.5 Å². The number of nitrogens with one attached hydrogen (secondary N) is 2. The SMILES string of the molecule is C[C@@H]1[C@@H]([Si](C)(C)F)[C@H](CCO)O[C@@]12C(=O)N(Cc1ccc(NC(=O)Cc3c[nH]c4ccccc34)cc1)c1ccc(Br)cc12. The number of amides is 2. The van der Waals surface area contributed by atoms with Gasteiger partial charge in [0.2, 0.25) is 14.3 Å². The normalized spacial score (nSPS) is 23.3. The summed E-state index contributed by atoms with van der Waals surface area (Å²) in [6, 6.07) is 21.0. The molecule has 1 saturated heterocycles. The van der Waals surface area contributed by atoms with Crippen LogP contribution in [0.25, 0.3) is 10.9 Å². The fraction of sp³-hybridized carbons (Fsp3) is 0.333. The predicted molar refractivity (Wildman–Crippen MR) is 172 cm³/mol. The number of hydrogen-bond acceptors (Lipinski definition) is 4. The lowest BCUT2D eigenvalue weighted by Crippen LogP contribution is -2.45. The molecule has 0 saturated carbocycles. The second-order valence-electron chi connectivity index (χ2n) is 12.1. The fourth-order valence-electron chi connectivity index (χ4n) is 7.11. The van der Waals surface area contributed by atoms with Crippen LogP contribution in [-0.4, -0.2) is 43.0 Å². The van der Waals surface area contributed by atoms with Gasteiger partial charge in [0.05, 0.1) is 24.8 Å². The van der Waals surface area contributed by atoms with E-state index >= 15 is 4.11 Å². The smallest absolute Gasteiger partial charge is 0.264 e. The van der Waals surface area contributed by atoms with Crippen LogP contribution in [0.15, 0.2) is 77.4 Å². The van der Waals surface area contributed by atoms with Crippen LogP contribution in [0.2, 0.25) is 18.6 Å². The van der Waals surface area contributed by atoms with Gasteiger partial charge in [0.1, 0.15) is 0 Å². The maximum absolute atomic E-state index is 15.7. The molecule has 1 fully saturated rings. The van der Waals surface area contributed by atoms with E-state index in [4.69, 9.17) is 4.74 Å². The molecule has 3 N–H and O–H groups in total. The molecule has 3 aromatic carbocycles. The fourth-order valence-corrected chi connectivity index (χ4v) is 10.0. The minimum Gasteiger partial charge on any atom is -0.396 e. The molecule has 2 aliphatic heterocycles. The number of para-hydroxylation sites is 1. The molecule has 1 aromatic heterocycles. The molecule has 4 atom stereocenters. The predicted octanol–water partition coefficient (Wildman–Crippen LogP) is 6.82. The van der Waals surface area contributed by atoms with Crippen molar-refractivity contribution in [3.8, 4) is 0 Å². The number of benzene rings is 3. The summed E-state index contributed by atoms with van der Waals surface area (Å²) >= 11 is 3.55. The Bertz CT molecular complexity index is 1690. The number of hydrogen-bond donors (Lipinski definition) is 3. The van der Waals surface area contributed by atoms with E-state index in [0.717, 1.165) is 37.8 Å². The van der Waals surface area contributed by atoms with Crippen molar-refractivity contribution in [2.24, 2.45) is 5.92 Å². The number of rotatable bonds is 8. The van der Waals surface area contributed by atoms with E-state index in [1.807, 2.05) is 79.9 Å². The van der Waals surface area contributed by atoms with Gasteiger partial charge in [-0.2, -0.15) is 0 Å². The summed E-state index contributed by atoms with van der Waals surface area (Å²) in [5, 5.41) is 13.7. The average molecular weight is 665 g/mol. The molecule has 2 aliphatic rings. The Kier molecular flexibility index (Phi) is 7.83. The van der Waals surface area contributed by atoms with Gasteiger partial charge in [-0.15, -0.1) is 0 Å². The largest absolute Gasteiger partial charge is 0.396 e. The lowest BCUT2D eigenvalue weighted by atomic mass is 9.82. The number of nitrogens with zero attached hydrogens (tertiary/aromatic N) is 1. The third kappa shape index (κ3) is 5.24. The highest BCUT2D eigenvalue weighted by Gasteiger charge is 2.66. The third-order valence-electron chi connectivity index (χ3n) is 8.94. The average Bonchev–Trinajstić information content (AvgIpc) is 3.57. The van der Waals surface area contributed by atoms with Crippen molar-refractivity contribution in [1.82, 2.24) is 4.98 Å². The minimum absolute atomic E-state index is 0.118. The van der Waals surface area contributed by atoms with E-state index in [1.54, 1.807) is 18.0 Å². The van der Waals surface area contributed by atoms with E-state index in [-0.39, 0.29) is 31.3 Å². The van der Waals surface area contributed by atoms with Gasteiger partial charge in [0.15, 0.2) is 5.60 Å². The lowest BCUT2D eigenvalue weighted by molar-refractivity contribution is -0.146. The van der Waals surface area contributed by atoms with Crippen molar-refractivity contribution in [1.29, 1.82) is 0 Å². The molecule has 224 valence electrons. The first kappa shape index (κ1) is 29.7. The minimum atomic E-state index is -3.25. The first-order chi connectivity index (χ1) is 20.5. The van der Waals surface area contributed by atoms with Crippen LogP contribution in [0.4, 0.5) is 15.5 Å². The summed E-state index contributed by atoms with van der Waals surface area (Å²) in [5.41, 5.74) is 3.17. The number of ether oxygens (including phenoxy) is 1. The summed E-state index contributed by atoms with van der Waals surface area (Å²) in [5.74, 6) is -0.740. The number of aromatic nitrogens is 1. The number of carbonyl (C=O) groups is 2. The molecule has 43 heavy (non-hydrogen) atoms. The Morgan fingerprint density at radius 2 is 1.91 bits per heavy atom. The summed E-state index contributed by atoms with van der Waals surface area (Å²) in [6.07, 6.45) is 1.84. The van der Waals surface area contributed by atoms with Gasteiger partial charge in [-0.3, -0.25) is 9.59 Å². The summed E-state index contributed by atoms with van der Waals surface area (Å²) in [6.45, 7) is 5.38. The van der Waals surface area contributed by atoms with E-state index in [0.29, 0.717) is 12.2 Å². The molecule has 2 amide bonds. The molecule has 1 spiro atoms. The number of carbonyl (C=O) groups excluding carboxylic acids is 2. The van der Waals surface area contributed by atoms with E-state index in [1.165, 1.54) is 0 Å². The summed E-state index contributed by atoms with van der Waals surface area (Å²) in [4.78, 5) is 32.1. The second kappa shape index (κ2) is 11.3. The highest BCUT2D eigenvalue weighted by Crippen LogP contribution is 2.60. The first-order valence-electron chi connectivity index (χ1n) is 14.6. The Balaban J connectivity index is 1.22. The number of H-pyrrole nitrogens is 1.